The maximum Gasteiger partial charge on any atom is 0.435 e. The SMILES string of the molecule is C/C(Cl)=C(\C=C/N(C)C=O)n1ncc(-c2cc3c([C@@H](C)Nc4ccc(C)nc4C(F)(F)F)cc(C)cc3c(=O)n2C)cc1=O. The summed E-state index contributed by atoms with van der Waals surface area (Å²) in [5, 5.41) is 8.31. The molecule has 9 nitrogen and oxygen atoms in total. The lowest BCUT2D eigenvalue weighted by Gasteiger charge is -2.22. The van der Waals surface area contributed by atoms with Crippen LogP contribution in [0.15, 0.2) is 69.5 Å². The average Bonchev–Trinajstić information content (AvgIpc) is 2.95. The van der Waals surface area contributed by atoms with E-state index in [4.69, 9.17) is 11.6 Å². The molecule has 0 saturated carbocycles. The van der Waals surface area contributed by atoms with E-state index in [9.17, 15) is 27.6 Å². The molecule has 0 aliphatic rings. The first-order valence-electron chi connectivity index (χ1n) is 13.4. The fourth-order valence-corrected chi connectivity index (χ4v) is 4.95. The van der Waals surface area contributed by atoms with Gasteiger partial charge < -0.3 is 14.8 Å². The van der Waals surface area contributed by atoms with E-state index in [1.807, 2.05) is 0 Å². The largest absolute Gasteiger partial charge is 0.435 e. The number of nitrogens with one attached hydrogen (secondary N) is 1. The van der Waals surface area contributed by atoms with E-state index in [1.54, 1.807) is 46.0 Å². The summed E-state index contributed by atoms with van der Waals surface area (Å²) in [6, 6.07) is 8.69. The van der Waals surface area contributed by atoms with E-state index in [1.165, 1.54) is 60.1 Å². The van der Waals surface area contributed by atoms with Crippen molar-refractivity contribution in [1.29, 1.82) is 0 Å². The highest BCUT2D eigenvalue weighted by atomic mass is 35.5. The van der Waals surface area contributed by atoms with E-state index in [0.29, 0.717) is 34.0 Å². The minimum absolute atomic E-state index is 0.186. The zero-order valence-corrected chi connectivity index (χ0v) is 25.6. The molecule has 0 fully saturated rings. The first-order chi connectivity index (χ1) is 20.6. The summed E-state index contributed by atoms with van der Waals surface area (Å²) in [6.07, 6.45) is 0.203. The minimum Gasteiger partial charge on any atom is -0.377 e. The third-order valence-corrected chi connectivity index (χ3v) is 7.18. The number of hydrogen-bond acceptors (Lipinski definition) is 6. The summed E-state index contributed by atoms with van der Waals surface area (Å²) in [6.45, 7) is 6.55. The fourth-order valence-electron chi connectivity index (χ4n) is 4.81. The Hall–Kier alpha value is -4.71. The van der Waals surface area contributed by atoms with Crippen LogP contribution in [0.4, 0.5) is 18.9 Å². The molecule has 0 unspecified atom stereocenters. The molecule has 1 N–H and O–H groups in total. The van der Waals surface area contributed by atoms with Crippen LogP contribution in [0.5, 0.6) is 0 Å². The van der Waals surface area contributed by atoms with Crippen molar-refractivity contribution in [2.45, 2.75) is 39.9 Å². The molecule has 0 aliphatic heterocycles. The molecule has 0 radical (unpaired) electrons. The smallest absolute Gasteiger partial charge is 0.377 e. The second kappa shape index (κ2) is 12.5. The molecule has 4 aromatic rings. The number of hydrogen-bond donors (Lipinski definition) is 1. The molecule has 1 atom stereocenters. The fraction of sp³-hybridized carbons (Fsp3) is 0.258. The van der Waals surface area contributed by atoms with Gasteiger partial charge in [-0.1, -0.05) is 17.7 Å². The van der Waals surface area contributed by atoms with Gasteiger partial charge in [-0.2, -0.15) is 23.0 Å². The van der Waals surface area contributed by atoms with Gasteiger partial charge in [-0.25, -0.2) is 4.98 Å². The zero-order valence-electron chi connectivity index (χ0n) is 24.8. The lowest BCUT2D eigenvalue weighted by molar-refractivity contribution is -0.140. The lowest BCUT2D eigenvalue weighted by Crippen LogP contribution is -2.24. The van der Waals surface area contributed by atoms with Crippen LogP contribution in [0.25, 0.3) is 27.7 Å². The number of carbonyl (C=O) groups excluding carboxylic acids is 1. The molecule has 0 aliphatic carbocycles. The van der Waals surface area contributed by atoms with Crippen molar-refractivity contribution >= 4 is 40.2 Å². The molecule has 3 aromatic heterocycles. The Balaban J connectivity index is 1.85. The number of halogens is 4. The number of rotatable bonds is 8. The maximum atomic E-state index is 13.8. The van der Waals surface area contributed by atoms with Crippen LogP contribution in [-0.4, -0.2) is 37.7 Å². The summed E-state index contributed by atoms with van der Waals surface area (Å²) in [7, 11) is 3.08. The van der Waals surface area contributed by atoms with Crippen molar-refractivity contribution in [1.82, 2.24) is 24.2 Å². The minimum atomic E-state index is -4.67. The van der Waals surface area contributed by atoms with Crippen LogP contribution in [0.2, 0.25) is 0 Å². The van der Waals surface area contributed by atoms with Gasteiger partial charge in [0.15, 0.2) is 5.69 Å². The maximum absolute atomic E-state index is 13.8. The van der Waals surface area contributed by atoms with Crippen molar-refractivity contribution in [2.24, 2.45) is 7.05 Å². The second-order valence-corrected chi connectivity index (χ2v) is 11.0. The number of pyridine rings is 2. The molecule has 1 amide bonds. The van der Waals surface area contributed by atoms with Gasteiger partial charge >= 0.3 is 6.18 Å². The van der Waals surface area contributed by atoms with Crippen molar-refractivity contribution < 1.29 is 18.0 Å². The van der Waals surface area contributed by atoms with Crippen molar-refractivity contribution in [2.75, 3.05) is 12.4 Å². The molecule has 3 heterocycles. The number of nitrogens with zero attached hydrogens (tertiary/aromatic N) is 5. The molecule has 0 saturated heterocycles. The van der Waals surface area contributed by atoms with Crippen LogP contribution in [0.1, 0.15) is 42.4 Å². The van der Waals surface area contributed by atoms with E-state index in [0.717, 1.165) is 10.2 Å². The highest BCUT2D eigenvalue weighted by Gasteiger charge is 2.36. The summed E-state index contributed by atoms with van der Waals surface area (Å²) in [5.74, 6) is 0. The second-order valence-electron chi connectivity index (χ2n) is 10.4. The van der Waals surface area contributed by atoms with Gasteiger partial charge in [0.25, 0.3) is 11.1 Å². The normalized spacial score (nSPS) is 13.2. The molecule has 1 aromatic carbocycles. The highest BCUT2D eigenvalue weighted by Crippen LogP contribution is 2.36. The quantitative estimate of drug-likeness (QED) is 0.190. The summed E-state index contributed by atoms with van der Waals surface area (Å²) in [5.41, 5.74) is 0.388. The summed E-state index contributed by atoms with van der Waals surface area (Å²) in [4.78, 5) is 42.6. The van der Waals surface area contributed by atoms with Crippen molar-refractivity contribution in [3.63, 3.8) is 0 Å². The van der Waals surface area contributed by atoms with E-state index in [-0.39, 0.29) is 27.7 Å². The molecule has 44 heavy (non-hydrogen) atoms. The first-order valence-corrected chi connectivity index (χ1v) is 13.8. The van der Waals surface area contributed by atoms with Crippen LogP contribution in [0, 0.1) is 13.8 Å². The predicted octanol–water partition coefficient (Wildman–Crippen LogP) is 6.00. The van der Waals surface area contributed by atoms with E-state index < -0.39 is 23.5 Å². The van der Waals surface area contributed by atoms with Crippen molar-refractivity contribution in [3.8, 4) is 11.3 Å². The highest BCUT2D eigenvalue weighted by molar-refractivity contribution is 6.32. The van der Waals surface area contributed by atoms with E-state index >= 15 is 0 Å². The van der Waals surface area contributed by atoms with Gasteiger partial charge in [0.2, 0.25) is 6.41 Å². The first kappa shape index (κ1) is 32.2. The zero-order chi connectivity index (χ0) is 32.5. The third kappa shape index (κ3) is 6.60. The molecule has 0 bridgehead atoms. The van der Waals surface area contributed by atoms with Gasteiger partial charge in [-0.3, -0.25) is 14.4 Å². The lowest BCUT2D eigenvalue weighted by atomic mass is 9.96. The standard InChI is InChI=1S/C31H30ClF3N6O3/c1-17-11-22(20(4)38-25-8-7-18(2)37-29(25)31(33,34)35)23-14-27(40(6)30(44)24(23)12-17)21-13-28(43)41(36-15-21)26(19(3)32)9-10-39(5)16-42/h7-16,20,38H,1-6H3/b10-9-,26-19-/t20-/m1/s1. The number of benzene rings is 1. The topological polar surface area (TPSA) is 102 Å². The Kier molecular flexibility index (Phi) is 9.14. The summed E-state index contributed by atoms with van der Waals surface area (Å²) >= 11 is 6.21. The molecule has 13 heteroatoms. The Morgan fingerprint density at radius 1 is 1.11 bits per heavy atom. The number of anilines is 1. The average molecular weight is 627 g/mol. The molecule has 4 rings (SSSR count). The van der Waals surface area contributed by atoms with Crippen LogP contribution >= 0.6 is 11.6 Å². The van der Waals surface area contributed by atoms with Crippen LogP contribution < -0.4 is 16.4 Å². The van der Waals surface area contributed by atoms with Crippen LogP contribution in [0.3, 0.4) is 0 Å². The molecule has 230 valence electrons. The van der Waals surface area contributed by atoms with Gasteiger partial charge in [0, 0.05) is 54.1 Å². The number of alkyl halides is 3. The Morgan fingerprint density at radius 3 is 2.43 bits per heavy atom. The van der Waals surface area contributed by atoms with Gasteiger partial charge in [0.1, 0.15) is 0 Å². The summed E-state index contributed by atoms with van der Waals surface area (Å²) < 4.78 is 43.8. The number of aryl methyl sites for hydroxylation is 2. The predicted molar refractivity (Wildman–Crippen MR) is 165 cm³/mol. The third-order valence-electron chi connectivity index (χ3n) is 6.99. The van der Waals surface area contributed by atoms with Gasteiger partial charge in [-0.15, -0.1) is 0 Å². The van der Waals surface area contributed by atoms with Gasteiger partial charge in [0.05, 0.1) is 23.3 Å². The Bertz CT molecular complexity index is 1940. The molecular formula is C31H30ClF3N6O3. The van der Waals surface area contributed by atoms with Gasteiger partial charge in [-0.05, 0) is 74.5 Å². The Labute approximate surface area is 255 Å². The monoisotopic (exact) mass is 626 g/mol. The number of amides is 1. The number of fused-ring (bicyclic) bond motifs is 1. The molecule has 0 spiro atoms. The number of allylic oxidation sites excluding steroid dienone is 3. The Morgan fingerprint density at radius 2 is 1.82 bits per heavy atom. The number of aromatic nitrogens is 4. The van der Waals surface area contributed by atoms with Crippen LogP contribution in [-0.2, 0) is 18.0 Å². The number of carbonyl (C=O) groups is 1. The van der Waals surface area contributed by atoms with Crippen molar-refractivity contribution in [3.05, 3.63) is 103 Å². The molecular weight excluding hydrogens is 597 g/mol. The van der Waals surface area contributed by atoms with E-state index in [2.05, 4.69) is 15.4 Å².